The molecule has 3 aliphatic rings. The highest BCUT2D eigenvalue weighted by Crippen LogP contribution is 2.43. The number of H-pyrrole nitrogens is 1. The quantitative estimate of drug-likeness (QED) is 0.486. The molecule has 7 heteroatoms. The molecule has 2 saturated heterocycles. The first-order valence-electron chi connectivity index (χ1n) is 12.1. The summed E-state index contributed by atoms with van der Waals surface area (Å²) in [6.45, 7) is 5.13. The van der Waals surface area contributed by atoms with Crippen molar-refractivity contribution < 1.29 is 9.47 Å². The van der Waals surface area contributed by atoms with Gasteiger partial charge in [0.05, 0.1) is 18.9 Å². The number of rotatable bonds is 4. The van der Waals surface area contributed by atoms with Crippen molar-refractivity contribution in [2.75, 3.05) is 56.7 Å². The van der Waals surface area contributed by atoms with Crippen LogP contribution in [0.25, 0.3) is 11.3 Å². The molecule has 0 spiro atoms. The van der Waals surface area contributed by atoms with Crippen molar-refractivity contribution in [3.63, 3.8) is 0 Å². The van der Waals surface area contributed by atoms with Gasteiger partial charge in [-0.25, -0.2) is 0 Å². The van der Waals surface area contributed by atoms with Crippen LogP contribution in [0.3, 0.4) is 0 Å². The minimum Gasteiger partial charge on any atom is -0.456 e. The van der Waals surface area contributed by atoms with E-state index in [1.54, 1.807) is 6.07 Å². The molecule has 1 unspecified atom stereocenters. The number of hydrogen-bond donors (Lipinski definition) is 2. The predicted octanol–water partition coefficient (Wildman–Crippen LogP) is 3.69. The van der Waals surface area contributed by atoms with E-state index in [-0.39, 0.29) is 5.56 Å². The SMILES string of the molecule is CN1CCC(Nc2ccc3c(c2)Cc2cccc(-c4cc(N5CCOCC5)cc(=O)[nH]4)c2O3)C1. The molecule has 1 aromatic heterocycles. The topological polar surface area (TPSA) is 69.8 Å². The molecule has 6 rings (SSSR count). The first-order chi connectivity index (χ1) is 16.6. The van der Waals surface area contributed by atoms with Crippen molar-refractivity contribution >= 4 is 11.4 Å². The lowest BCUT2D eigenvalue weighted by molar-refractivity contribution is 0.122. The van der Waals surface area contributed by atoms with Gasteiger partial charge in [-0.2, -0.15) is 0 Å². The molecule has 3 aliphatic heterocycles. The molecule has 1 atom stereocenters. The third-order valence-electron chi connectivity index (χ3n) is 7.01. The Balaban J connectivity index is 1.29. The van der Waals surface area contributed by atoms with Crippen LogP contribution in [-0.4, -0.2) is 62.4 Å². The average Bonchev–Trinajstić information content (AvgIpc) is 3.27. The minimum absolute atomic E-state index is 0.110. The Morgan fingerprint density at radius 1 is 1.03 bits per heavy atom. The second kappa shape index (κ2) is 8.81. The third-order valence-corrected chi connectivity index (χ3v) is 7.01. The maximum Gasteiger partial charge on any atom is 0.250 e. The highest BCUT2D eigenvalue weighted by atomic mass is 16.5. The van der Waals surface area contributed by atoms with E-state index in [0.29, 0.717) is 19.3 Å². The summed E-state index contributed by atoms with van der Waals surface area (Å²) in [5.74, 6) is 1.70. The van der Waals surface area contributed by atoms with Gasteiger partial charge < -0.3 is 29.6 Å². The van der Waals surface area contributed by atoms with E-state index in [0.717, 1.165) is 78.7 Å². The number of nitrogens with zero attached hydrogens (tertiary/aromatic N) is 2. The number of morpholine rings is 1. The highest BCUT2D eigenvalue weighted by molar-refractivity contribution is 5.74. The van der Waals surface area contributed by atoms with E-state index in [4.69, 9.17) is 9.47 Å². The number of hydrogen-bond acceptors (Lipinski definition) is 6. The number of fused-ring (bicyclic) bond motifs is 2. The number of benzene rings is 2. The fraction of sp³-hybridized carbons (Fsp3) is 0.370. The Hall–Kier alpha value is -3.29. The van der Waals surface area contributed by atoms with Crippen LogP contribution in [-0.2, 0) is 11.2 Å². The summed E-state index contributed by atoms with van der Waals surface area (Å²) in [5.41, 5.74) is 5.94. The molecule has 0 aliphatic carbocycles. The summed E-state index contributed by atoms with van der Waals surface area (Å²) >= 11 is 0. The van der Waals surface area contributed by atoms with Crippen LogP contribution in [0.2, 0.25) is 0 Å². The monoisotopic (exact) mass is 458 g/mol. The molecule has 2 N–H and O–H groups in total. The Morgan fingerprint density at radius 2 is 1.91 bits per heavy atom. The van der Waals surface area contributed by atoms with E-state index < -0.39 is 0 Å². The summed E-state index contributed by atoms with van der Waals surface area (Å²) in [6, 6.07) is 16.7. The number of aromatic nitrogens is 1. The van der Waals surface area contributed by atoms with Gasteiger partial charge in [-0.05, 0) is 55.9 Å². The van der Waals surface area contributed by atoms with Crippen molar-refractivity contribution in [3.05, 3.63) is 70.0 Å². The zero-order chi connectivity index (χ0) is 23.1. The van der Waals surface area contributed by atoms with Crippen molar-refractivity contribution in [3.8, 4) is 22.8 Å². The molecular weight excluding hydrogens is 428 g/mol. The molecule has 2 aromatic carbocycles. The van der Waals surface area contributed by atoms with Crippen molar-refractivity contribution in [2.24, 2.45) is 0 Å². The van der Waals surface area contributed by atoms with E-state index in [9.17, 15) is 4.79 Å². The van der Waals surface area contributed by atoms with Crippen LogP contribution >= 0.6 is 0 Å². The summed E-state index contributed by atoms with van der Waals surface area (Å²) in [4.78, 5) is 20.1. The Kier molecular flexibility index (Phi) is 5.51. The van der Waals surface area contributed by atoms with Gasteiger partial charge in [0, 0.05) is 60.7 Å². The molecule has 2 fully saturated rings. The van der Waals surface area contributed by atoms with Gasteiger partial charge in [0.15, 0.2) is 0 Å². The van der Waals surface area contributed by atoms with Crippen LogP contribution < -0.4 is 20.5 Å². The second-order valence-electron chi connectivity index (χ2n) is 9.50. The van der Waals surface area contributed by atoms with Gasteiger partial charge >= 0.3 is 0 Å². The zero-order valence-corrected chi connectivity index (χ0v) is 19.5. The van der Waals surface area contributed by atoms with E-state index in [2.05, 4.69) is 51.4 Å². The first-order valence-corrected chi connectivity index (χ1v) is 12.1. The van der Waals surface area contributed by atoms with Gasteiger partial charge in [-0.3, -0.25) is 4.79 Å². The zero-order valence-electron chi connectivity index (χ0n) is 19.5. The lowest BCUT2D eigenvalue weighted by Gasteiger charge is -2.29. The van der Waals surface area contributed by atoms with Crippen LogP contribution in [0, 0.1) is 0 Å². The van der Waals surface area contributed by atoms with Crippen LogP contribution in [0.1, 0.15) is 17.5 Å². The Morgan fingerprint density at radius 3 is 2.74 bits per heavy atom. The van der Waals surface area contributed by atoms with Crippen molar-refractivity contribution in [2.45, 2.75) is 18.9 Å². The third kappa shape index (κ3) is 4.17. The maximum absolute atomic E-state index is 12.5. The molecule has 0 amide bonds. The van der Waals surface area contributed by atoms with Crippen molar-refractivity contribution in [1.29, 1.82) is 0 Å². The van der Waals surface area contributed by atoms with Gasteiger partial charge in [0.2, 0.25) is 5.56 Å². The highest BCUT2D eigenvalue weighted by Gasteiger charge is 2.24. The van der Waals surface area contributed by atoms with Crippen molar-refractivity contribution in [1.82, 2.24) is 9.88 Å². The number of pyridine rings is 1. The number of anilines is 2. The molecule has 4 heterocycles. The van der Waals surface area contributed by atoms with E-state index in [1.807, 2.05) is 18.2 Å². The summed E-state index contributed by atoms with van der Waals surface area (Å²) in [6.07, 6.45) is 1.96. The fourth-order valence-corrected chi connectivity index (χ4v) is 5.25. The summed E-state index contributed by atoms with van der Waals surface area (Å²) in [5, 5.41) is 3.68. The molecule has 34 heavy (non-hydrogen) atoms. The average molecular weight is 459 g/mol. The molecule has 176 valence electrons. The number of likely N-dealkylation sites (N-methyl/N-ethyl adjacent to an activating group) is 1. The van der Waals surface area contributed by atoms with Gasteiger partial charge in [0.25, 0.3) is 0 Å². The molecule has 7 nitrogen and oxygen atoms in total. The number of aromatic amines is 1. The largest absolute Gasteiger partial charge is 0.456 e. The smallest absolute Gasteiger partial charge is 0.250 e. The van der Waals surface area contributed by atoms with Crippen LogP contribution in [0.5, 0.6) is 11.5 Å². The predicted molar refractivity (Wildman–Crippen MR) is 134 cm³/mol. The lowest BCUT2D eigenvalue weighted by Crippen LogP contribution is -2.36. The number of ether oxygens (including phenoxy) is 2. The fourth-order valence-electron chi connectivity index (χ4n) is 5.25. The molecular formula is C27H30N4O3. The maximum atomic E-state index is 12.5. The minimum atomic E-state index is -0.110. The lowest BCUT2D eigenvalue weighted by atomic mass is 9.96. The number of para-hydroxylation sites is 1. The molecule has 0 radical (unpaired) electrons. The molecule has 0 saturated carbocycles. The van der Waals surface area contributed by atoms with Gasteiger partial charge in [-0.1, -0.05) is 12.1 Å². The Labute approximate surface area is 199 Å². The van der Waals surface area contributed by atoms with Gasteiger partial charge in [0.1, 0.15) is 11.5 Å². The number of likely N-dealkylation sites (tertiary alicyclic amines) is 1. The summed E-state index contributed by atoms with van der Waals surface area (Å²) in [7, 11) is 2.17. The standard InChI is InChI=1S/C27H30N4O3/c1-30-8-7-21(17-30)28-20-5-6-25-19(14-20)13-18-3-2-4-23(27(18)34-25)24-15-22(16-26(32)29-24)31-9-11-33-12-10-31/h2-6,14-16,21,28H,7-13,17H2,1H3,(H,29,32). The molecule has 0 bridgehead atoms. The van der Waals surface area contributed by atoms with Crippen LogP contribution in [0.15, 0.2) is 53.3 Å². The molecule has 3 aromatic rings. The normalized spacial score (nSPS) is 19.9. The van der Waals surface area contributed by atoms with Gasteiger partial charge in [-0.15, -0.1) is 0 Å². The number of nitrogens with one attached hydrogen (secondary N) is 2. The van der Waals surface area contributed by atoms with E-state index >= 15 is 0 Å². The summed E-state index contributed by atoms with van der Waals surface area (Å²) < 4.78 is 11.9. The Bertz CT molecular complexity index is 1260. The second-order valence-corrected chi connectivity index (χ2v) is 9.50. The first kappa shape index (κ1) is 21.3. The van der Waals surface area contributed by atoms with E-state index in [1.165, 1.54) is 5.56 Å². The van der Waals surface area contributed by atoms with Crippen LogP contribution in [0.4, 0.5) is 11.4 Å².